The molecule has 0 aliphatic rings. The fourth-order valence-electron chi connectivity index (χ4n) is 0.685. The topological polar surface area (TPSA) is 76.7 Å². The van der Waals surface area contributed by atoms with E-state index in [4.69, 9.17) is 10.5 Å². The summed E-state index contributed by atoms with van der Waals surface area (Å²) in [5.74, 6) is -1.03. The summed E-state index contributed by atoms with van der Waals surface area (Å²) in [7, 11) is 0. The lowest BCUT2D eigenvalue weighted by Gasteiger charge is -2.15. The van der Waals surface area contributed by atoms with Crippen LogP contribution >= 0.6 is 0 Å². The Bertz CT molecular complexity index is 259. The van der Waals surface area contributed by atoms with E-state index in [1.807, 2.05) is 26.0 Å². The van der Waals surface area contributed by atoms with Gasteiger partial charge in [0.2, 0.25) is 5.91 Å². The molecule has 4 nitrogen and oxygen atoms in total. The van der Waals surface area contributed by atoms with Crippen LogP contribution in [-0.2, 0) is 4.79 Å². The van der Waals surface area contributed by atoms with Crippen LogP contribution in [0.3, 0.4) is 0 Å². The predicted octanol–water partition coefficient (Wildman–Crippen LogP) is 0.810. The smallest absolute Gasteiger partial charge is 0.238 e. The second-order valence-corrected chi connectivity index (χ2v) is 3.21. The fourth-order valence-corrected chi connectivity index (χ4v) is 0.685. The monoisotopic (exact) mass is 179 g/mol. The summed E-state index contributed by atoms with van der Waals surface area (Å²) in [6.45, 7) is 5.18. The van der Waals surface area contributed by atoms with Gasteiger partial charge < -0.3 is 5.32 Å². The zero-order valence-corrected chi connectivity index (χ0v) is 8.03. The maximum atomic E-state index is 11.2. The number of hydrogen-bond acceptors (Lipinski definition) is 3. The largest absolute Gasteiger partial charge is 0.339 e. The first-order chi connectivity index (χ1) is 6.02. The summed E-state index contributed by atoms with van der Waals surface area (Å²) in [6.07, 6.45) is 0. The maximum absolute atomic E-state index is 11.2. The molecule has 4 heteroatoms. The fraction of sp³-hybridized carbons (Fsp3) is 0.667. The van der Waals surface area contributed by atoms with Gasteiger partial charge in [0.15, 0.2) is 0 Å². The van der Waals surface area contributed by atoms with Gasteiger partial charge in [-0.1, -0.05) is 13.8 Å². The zero-order valence-electron chi connectivity index (χ0n) is 8.03. The molecule has 1 N–H and O–H groups in total. The lowest BCUT2D eigenvalue weighted by atomic mass is 10.0. The molecule has 0 rings (SSSR count). The normalized spacial score (nSPS) is 14.0. The Balaban J connectivity index is 4.21. The van der Waals surface area contributed by atoms with Crippen molar-refractivity contribution in [2.45, 2.75) is 26.8 Å². The van der Waals surface area contributed by atoms with E-state index in [0.717, 1.165) is 0 Å². The van der Waals surface area contributed by atoms with Crippen LogP contribution in [-0.4, -0.2) is 11.9 Å². The van der Waals surface area contributed by atoms with Crippen molar-refractivity contribution in [3.8, 4) is 12.1 Å². The molecular formula is C9H13N3O. The Kier molecular flexibility index (Phi) is 4.54. The van der Waals surface area contributed by atoms with Crippen molar-refractivity contribution in [1.29, 1.82) is 10.5 Å². The Labute approximate surface area is 78.2 Å². The SMILES string of the molecule is CC(C#N)C(=O)N[C@H](C#N)C(C)C. The van der Waals surface area contributed by atoms with Gasteiger partial charge in [0.25, 0.3) is 0 Å². The third-order valence-electron chi connectivity index (χ3n) is 1.69. The van der Waals surface area contributed by atoms with E-state index >= 15 is 0 Å². The molecule has 70 valence electrons. The van der Waals surface area contributed by atoms with Gasteiger partial charge in [-0.15, -0.1) is 0 Å². The molecule has 0 aromatic carbocycles. The van der Waals surface area contributed by atoms with Gasteiger partial charge in [-0.05, 0) is 12.8 Å². The van der Waals surface area contributed by atoms with Gasteiger partial charge in [-0.3, -0.25) is 4.79 Å². The van der Waals surface area contributed by atoms with E-state index in [-0.39, 0.29) is 11.8 Å². The highest BCUT2D eigenvalue weighted by Gasteiger charge is 2.18. The Morgan fingerprint density at radius 3 is 2.08 bits per heavy atom. The van der Waals surface area contributed by atoms with Crippen LogP contribution in [0.25, 0.3) is 0 Å². The van der Waals surface area contributed by atoms with Crippen molar-refractivity contribution in [3.63, 3.8) is 0 Å². The molecule has 0 aliphatic heterocycles. The molecule has 0 spiro atoms. The van der Waals surface area contributed by atoms with Crippen LogP contribution in [0.4, 0.5) is 0 Å². The zero-order chi connectivity index (χ0) is 10.4. The van der Waals surface area contributed by atoms with Crippen molar-refractivity contribution in [3.05, 3.63) is 0 Å². The summed E-state index contributed by atoms with van der Waals surface area (Å²) < 4.78 is 0. The second-order valence-electron chi connectivity index (χ2n) is 3.21. The number of nitrogens with zero attached hydrogens (tertiary/aromatic N) is 2. The van der Waals surface area contributed by atoms with Crippen LogP contribution < -0.4 is 5.32 Å². The molecule has 0 heterocycles. The molecule has 13 heavy (non-hydrogen) atoms. The minimum absolute atomic E-state index is 0.0554. The summed E-state index contributed by atoms with van der Waals surface area (Å²) in [5, 5.41) is 19.6. The molecular weight excluding hydrogens is 166 g/mol. The van der Waals surface area contributed by atoms with Gasteiger partial charge in [0.05, 0.1) is 12.1 Å². The summed E-state index contributed by atoms with van der Waals surface area (Å²) >= 11 is 0. The number of nitriles is 2. The number of carbonyl (C=O) groups is 1. The highest BCUT2D eigenvalue weighted by atomic mass is 16.1. The standard InChI is InChI=1S/C9H13N3O/c1-6(2)8(5-11)12-9(13)7(3)4-10/h6-8H,1-3H3,(H,12,13)/t7?,8-/m1/s1. The average Bonchev–Trinajstić information content (AvgIpc) is 2.11. The predicted molar refractivity (Wildman–Crippen MR) is 47.2 cm³/mol. The van der Waals surface area contributed by atoms with E-state index < -0.39 is 12.0 Å². The van der Waals surface area contributed by atoms with Crippen molar-refractivity contribution < 1.29 is 4.79 Å². The lowest BCUT2D eigenvalue weighted by molar-refractivity contribution is -0.123. The number of hydrogen-bond donors (Lipinski definition) is 1. The van der Waals surface area contributed by atoms with E-state index in [0.29, 0.717) is 0 Å². The van der Waals surface area contributed by atoms with Crippen LogP contribution in [0.15, 0.2) is 0 Å². The quantitative estimate of drug-likeness (QED) is 0.696. The Morgan fingerprint density at radius 1 is 1.23 bits per heavy atom. The molecule has 1 unspecified atom stereocenters. The second kappa shape index (κ2) is 5.16. The highest BCUT2D eigenvalue weighted by molar-refractivity contribution is 5.81. The van der Waals surface area contributed by atoms with Gasteiger partial charge in [-0.25, -0.2) is 0 Å². The Hall–Kier alpha value is -1.55. The highest BCUT2D eigenvalue weighted by Crippen LogP contribution is 2.01. The summed E-state index contributed by atoms with van der Waals surface area (Å²) in [6, 6.07) is 3.27. The first kappa shape index (κ1) is 11.4. The van der Waals surface area contributed by atoms with Gasteiger partial charge in [0, 0.05) is 0 Å². The Morgan fingerprint density at radius 2 is 1.77 bits per heavy atom. The van der Waals surface area contributed by atoms with Crippen LogP contribution in [0.1, 0.15) is 20.8 Å². The molecule has 0 bridgehead atoms. The molecule has 0 radical (unpaired) electrons. The number of rotatable bonds is 3. The third-order valence-corrected chi connectivity index (χ3v) is 1.69. The summed E-state index contributed by atoms with van der Waals surface area (Å²) in [4.78, 5) is 11.2. The molecule has 0 aromatic heterocycles. The van der Waals surface area contributed by atoms with Crippen molar-refractivity contribution in [2.24, 2.45) is 11.8 Å². The van der Waals surface area contributed by atoms with Gasteiger partial charge in [-0.2, -0.15) is 10.5 Å². The van der Waals surface area contributed by atoms with E-state index in [9.17, 15) is 4.79 Å². The molecule has 1 amide bonds. The first-order valence-electron chi connectivity index (χ1n) is 4.12. The summed E-state index contributed by atoms with van der Waals surface area (Å²) in [5.41, 5.74) is 0. The average molecular weight is 179 g/mol. The molecule has 0 fully saturated rings. The lowest BCUT2D eigenvalue weighted by Crippen LogP contribution is -2.39. The van der Waals surface area contributed by atoms with E-state index in [1.54, 1.807) is 0 Å². The van der Waals surface area contributed by atoms with Crippen molar-refractivity contribution in [1.82, 2.24) is 5.32 Å². The first-order valence-corrected chi connectivity index (χ1v) is 4.12. The van der Waals surface area contributed by atoms with Crippen molar-refractivity contribution in [2.75, 3.05) is 0 Å². The number of amides is 1. The minimum Gasteiger partial charge on any atom is -0.339 e. The maximum Gasteiger partial charge on any atom is 0.238 e. The van der Waals surface area contributed by atoms with Gasteiger partial charge in [0.1, 0.15) is 12.0 Å². The molecule has 0 aliphatic carbocycles. The molecule has 0 saturated heterocycles. The number of nitrogens with one attached hydrogen (secondary N) is 1. The number of carbonyl (C=O) groups excluding carboxylic acids is 1. The van der Waals surface area contributed by atoms with Crippen molar-refractivity contribution >= 4 is 5.91 Å². The van der Waals surface area contributed by atoms with Crippen LogP contribution in [0.5, 0.6) is 0 Å². The van der Waals surface area contributed by atoms with Crippen LogP contribution in [0.2, 0.25) is 0 Å². The van der Waals surface area contributed by atoms with E-state index in [2.05, 4.69) is 5.32 Å². The molecule has 2 atom stereocenters. The minimum atomic E-state index is -0.699. The van der Waals surface area contributed by atoms with E-state index in [1.165, 1.54) is 6.92 Å². The molecule has 0 aromatic rings. The molecule has 0 saturated carbocycles. The van der Waals surface area contributed by atoms with Crippen LogP contribution in [0, 0.1) is 34.5 Å². The van der Waals surface area contributed by atoms with Gasteiger partial charge >= 0.3 is 0 Å². The third kappa shape index (κ3) is 3.57.